The van der Waals surface area contributed by atoms with Gasteiger partial charge in [0.2, 0.25) is 0 Å². The summed E-state index contributed by atoms with van der Waals surface area (Å²) in [5.74, 6) is -0.167. The van der Waals surface area contributed by atoms with Gasteiger partial charge in [-0.3, -0.25) is 4.79 Å². The Labute approximate surface area is 126 Å². The van der Waals surface area contributed by atoms with Crippen molar-refractivity contribution in [1.82, 2.24) is 0 Å². The van der Waals surface area contributed by atoms with E-state index in [9.17, 15) is 4.79 Å². The van der Waals surface area contributed by atoms with Crippen LogP contribution in [0, 0.1) is 6.92 Å². The van der Waals surface area contributed by atoms with E-state index in [1.807, 2.05) is 36.4 Å². The van der Waals surface area contributed by atoms with Crippen molar-refractivity contribution in [2.24, 2.45) is 0 Å². The van der Waals surface area contributed by atoms with Crippen LogP contribution in [0.25, 0.3) is 0 Å². The molecule has 0 aliphatic heterocycles. The minimum atomic E-state index is -0.167. The van der Waals surface area contributed by atoms with Crippen LogP contribution in [-0.2, 0) is 29.0 Å². The molecule has 0 aliphatic carbocycles. The summed E-state index contributed by atoms with van der Waals surface area (Å²) in [5, 5.41) is 0. The first kappa shape index (κ1) is 15.3. The van der Waals surface area contributed by atoms with Gasteiger partial charge in [-0.15, -0.1) is 0 Å². The van der Waals surface area contributed by atoms with Crippen LogP contribution in [0.5, 0.6) is 0 Å². The van der Waals surface area contributed by atoms with E-state index in [1.165, 1.54) is 11.1 Å². The van der Waals surface area contributed by atoms with Gasteiger partial charge in [0.25, 0.3) is 0 Å². The lowest BCUT2D eigenvalue weighted by Gasteiger charge is -2.10. The van der Waals surface area contributed by atoms with E-state index < -0.39 is 0 Å². The Morgan fingerprint density at radius 2 is 1.81 bits per heavy atom. The predicted molar refractivity (Wildman–Crippen MR) is 85.1 cm³/mol. The van der Waals surface area contributed by atoms with Crippen molar-refractivity contribution in [3.05, 3.63) is 70.8 Å². The number of hydrogen-bond donors (Lipinski definition) is 0. The summed E-state index contributed by atoms with van der Waals surface area (Å²) in [6.07, 6.45) is 2.43. The number of esters is 1. The van der Waals surface area contributed by atoms with Crippen molar-refractivity contribution in [1.29, 1.82) is 0 Å². The minimum Gasteiger partial charge on any atom is -0.461 e. The maximum atomic E-state index is 12.0. The zero-order chi connectivity index (χ0) is 15.1. The van der Waals surface area contributed by atoms with Gasteiger partial charge < -0.3 is 4.74 Å². The predicted octanol–water partition coefficient (Wildman–Crippen LogP) is 4.23. The molecule has 0 amide bonds. The Morgan fingerprint density at radius 3 is 2.52 bits per heavy atom. The van der Waals surface area contributed by atoms with E-state index in [0.29, 0.717) is 13.0 Å². The number of rotatable bonds is 6. The monoisotopic (exact) mass is 282 g/mol. The van der Waals surface area contributed by atoms with Crippen LogP contribution in [0.2, 0.25) is 0 Å². The number of ether oxygens (including phenoxy) is 1. The fourth-order valence-corrected chi connectivity index (χ4v) is 2.37. The van der Waals surface area contributed by atoms with Crippen LogP contribution in [0.3, 0.4) is 0 Å². The number of carbonyl (C=O) groups excluding carboxylic acids is 1. The first-order chi connectivity index (χ1) is 10.2. The highest BCUT2D eigenvalue weighted by atomic mass is 16.5. The van der Waals surface area contributed by atoms with Crippen LogP contribution < -0.4 is 0 Å². The average molecular weight is 282 g/mol. The van der Waals surface area contributed by atoms with Crippen molar-refractivity contribution in [3.8, 4) is 0 Å². The summed E-state index contributed by atoms with van der Waals surface area (Å²) in [6.45, 7) is 4.57. The Hall–Kier alpha value is -2.09. The van der Waals surface area contributed by atoms with Crippen molar-refractivity contribution in [3.63, 3.8) is 0 Å². The van der Waals surface area contributed by atoms with E-state index >= 15 is 0 Å². The van der Waals surface area contributed by atoms with E-state index in [-0.39, 0.29) is 5.97 Å². The first-order valence-electron chi connectivity index (χ1n) is 7.47. The second kappa shape index (κ2) is 7.63. The summed E-state index contributed by atoms with van der Waals surface area (Å²) in [4.78, 5) is 12.0. The van der Waals surface area contributed by atoms with Crippen LogP contribution in [0.15, 0.2) is 48.5 Å². The zero-order valence-electron chi connectivity index (χ0n) is 12.8. The fraction of sp³-hybridized carbons (Fsp3) is 0.316. The molecule has 0 fully saturated rings. The van der Waals surface area contributed by atoms with E-state index in [0.717, 1.165) is 24.0 Å². The number of benzene rings is 2. The molecule has 2 aromatic carbocycles. The standard InChI is InChI=1S/C19H22O2/c1-3-7-17-12-15(2)10-11-18(17)13-19(20)21-14-16-8-5-4-6-9-16/h4-6,8-12H,3,7,13-14H2,1-2H3. The lowest BCUT2D eigenvalue weighted by Crippen LogP contribution is -2.10. The summed E-state index contributed by atoms with van der Waals surface area (Å²) < 4.78 is 5.36. The molecule has 0 heterocycles. The molecule has 0 unspecified atom stereocenters. The molecule has 0 saturated heterocycles. The Kier molecular flexibility index (Phi) is 5.56. The lowest BCUT2D eigenvalue weighted by molar-refractivity contribution is -0.144. The summed E-state index contributed by atoms with van der Waals surface area (Å²) >= 11 is 0. The van der Waals surface area contributed by atoms with E-state index in [2.05, 4.69) is 26.0 Å². The highest BCUT2D eigenvalue weighted by Crippen LogP contribution is 2.15. The first-order valence-corrected chi connectivity index (χ1v) is 7.47. The van der Waals surface area contributed by atoms with Gasteiger partial charge in [-0.25, -0.2) is 0 Å². The molecule has 0 N–H and O–H groups in total. The zero-order valence-corrected chi connectivity index (χ0v) is 12.8. The number of aryl methyl sites for hydroxylation is 2. The fourth-order valence-electron chi connectivity index (χ4n) is 2.37. The van der Waals surface area contributed by atoms with Gasteiger partial charge in [0.05, 0.1) is 6.42 Å². The molecule has 0 saturated carbocycles. The third kappa shape index (κ3) is 4.75. The maximum Gasteiger partial charge on any atom is 0.310 e. The largest absolute Gasteiger partial charge is 0.461 e. The molecule has 0 bridgehead atoms. The molecule has 0 spiro atoms. The smallest absolute Gasteiger partial charge is 0.310 e. The van der Waals surface area contributed by atoms with E-state index in [4.69, 9.17) is 4.74 Å². The Bertz CT molecular complexity index is 588. The Morgan fingerprint density at radius 1 is 1.05 bits per heavy atom. The van der Waals surface area contributed by atoms with Gasteiger partial charge in [-0.05, 0) is 30.0 Å². The second-order valence-corrected chi connectivity index (χ2v) is 5.35. The third-order valence-corrected chi connectivity index (χ3v) is 3.46. The third-order valence-electron chi connectivity index (χ3n) is 3.46. The van der Waals surface area contributed by atoms with Crippen molar-refractivity contribution >= 4 is 5.97 Å². The summed E-state index contributed by atoms with van der Waals surface area (Å²) in [7, 11) is 0. The molecule has 2 heteroatoms. The molecule has 2 rings (SSSR count). The normalized spacial score (nSPS) is 10.4. The average Bonchev–Trinajstić information content (AvgIpc) is 2.49. The highest BCUT2D eigenvalue weighted by Gasteiger charge is 2.09. The van der Waals surface area contributed by atoms with Crippen LogP contribution in [-0.4, -0.2) is 5.97 Å². The molecule has 0 atom stereocenters. The molecular weight excluding hydrogens is 260 g/mol. The van der Waals surface area contributed by atoms with Crippen molar-refractivity contribution in [2.45, 2.75) is 39.7 Å². The molecule has 21 heavy (non-hydrogen) atoms. The SMILES string of the molecule is CCCc1cc(C)ccc1CC(=O)OCc1ccccc1. The minimum absolute atomic E-state index is 0.167. The van der Waals surface area contributed by atoms with Gasteiger partial charge in [-0.2, -0.15) is 0 Å². The molecule has 2 aromatic rings. The van der Waals surface area contributed by atoms with Gasteiger partial charge >= 0.3 is 5.97 Å². The van der Waals surface area contributed by atoms with Gasteiger partial charge in [-0.1, -0.05) is 67.4 Å². The van der Waals surface area contributed by atoms with Gasteiger partial charge in [0.1, 0.15) is 6.61 Å². The van der Waals surface area contributed by atoms with Crippen LogP contribution in [0.1, 0.15) is 35.6 Å². The Balaban J connectivity index is 1.96. The quantitative estimate of drug-likeness (QED) is 0.741. The van der Waals surface area contributed by atoms with Crippen molar-refractivity contribution < 1.29 is 9.53 Å². The van der Waals surface area contributed by atoms with Crippen molar-refractivity contribution in [2.75, 3.05) is 0 Å². The van der Waals surface area contributed by atoms with Gasteiger partial charge in [0, 0.05) is 0 Å². The molecule has 0 aliphatic rings. The van der Waals surface area contributed by atoms with Crippen LogP contribution >= 0.6 is 0 Å². The second-order valence-electron chi connectivity index (χ2n) is 5.35. The number of carbonyl (C=O) groups is 1. The summed E-state index contributed by atoms with van der Waals surface area (Å²) in [5.41, 5.74) is 4.60. The molecule has 2 nitrogen and oxygen atoms in total. The highest BCUT2D eigenvalue weighted by molar-refractivity contribution is 5.73. The maximum absolute atomic E-state index is 12.0. The van der Waals surface area contributed by atoms with Gasteiger partial charge in [0.15, 0.2) is 0 Å². The molecule has 110 valence electrons. The van der Waals surface area contributed by atoms with Crippen LogP contribution in [0.4, 0.5) is 0 Å². The molecule has 0 aromatic heterocycles. The molecule has 0 radical (unpaired) electrons. The topological polar surface area (TPSA) is 26.3 Å². The summed E-state index contributed by atoms with van der Waals surface area (Å²) in [6, 6.07) is 16.0. The lowest BCUT2D eigenvalue weighted by atomic mass is 9.98. The molecular formula is C19H22O2. The number of hydrogen-bond acceptors (Lipinski definition) is 2. The van der Waals surface area contributed by atoms with E-state index in [1.54, 1.807) is 0 Å².